The first-order valence-electron chi connectivity index (χ1n) is 6.59. The van der Waals surface area contributed by atoms with Crippen molar-refractivity contribution in [2.75, 3.05) is 10.5 Å². The standard InChI is InChI=1S/C14H13FN4O2S/c1-2-22(20,21)19-12-4-3-11(18-13(12)15)9-5-7-16-14-10(9)6-8-17-14/h3-8,19H,2H2,1H3,(H,16,17). The van der Waals surface area contributed by atoms with Crippen molar-refractivity contribution >= 4 is 26.7 Å². The van der Waals surface area contributed by atoms with Gasteiger partial charge in [-0.15, -0.1) is 0 Å². The van der Waals surface area contributed by atoms with Gasteiger partial charge in [0, 0.05) is 23.3 Å². The average Bonchev–Trinajstić information content (AvgIpc) is 2.97. The number of fused-ring (bicyclic) bond motifs is 1. The summed E-state index contributed by atoms with van der Waals surface area (Å²) in [6.07, 6.45) is 3.34. The van der Waals surface area contributed by atoms with Gasteiger partial charge in [-0.3, -0.25) is 4.72 Å². The molecule has 0 bridgehead atoms. The number of aromatic amines is 1. The van der Waals surface area contributed by atoms with Crippen LogP contribution in [0.2, 0.25) is 0 Å². The van der Waals surface area contributed by atoms with Gasteiger partial charge in [-0.25, -0.2) is 18.4 Å². The summed E-state index contributed by atoms with van der Waals surface area (Å²) in [5.41, 5.74) is 1.64. The van der Waals surface area contributed by atoms with E-state index in [0.717, 1.165) is 10.9 Å². The number of aromatic nitrogens is 3. The topological polar surface area (TPSA) is 87.7 Å². The zero-order valence-corrected chi connectivity index (χ0v) is 12.5. The van der Waals surface area contributed by atoms with Crippen molar-refractivity contribution in [3.63, 3.8) is 0 Å². The molecule has 0 atom stereocenters. The zero-order chi connectivity index (χ0) is 15.7. The summed E-state index contributed by atoms with van der Waals surface area (Å²) in [6, 6.07) is 6.49. The van der Waals surface area contributed by atoms with E-state index in [1.54, 1.807) is 24.5 Å². The van der Waals surface area contributed by atoms with Crippen molar-refractivity contribution in [3.8, 4) is 11.3 Å². The lowest BCUT2D eigenvalue weighted by atomic mass is 10.1. The number of nitrogens with one attached hydrogen (secondary N) is 2. The second-order valence-corrected chi connectivity index (χ2v) is 6.65. The van der Waals surface area contributed by atoms with Crippen molar-refractivity contribution in [1.82, 2.24) is 15.0 Å². The van der Waals surface area contributed by atoms with E-state index in [9.17, 15) is 12.8 Å². The third-order valence-corrected chi connectivity index (χ3v) is 4.52. The van der Waals surface area contributed by atoms with Gasteiger partial charge in [-0.1, -0.05) is 0 Å². The Hall–Kier alpha value is -2.48. The van der Waals surface area contributed by atoms with Crippen LogP contribution >= 0.6 is 0 Å². The summed E-state index contributed by atoms with van der Waals surface area (Å²) in [6.45, 7) is 1.47. The van der Waals surface area contributed by atoms with Crippen LogP contribution < -0.4 is 4.72 Å². The molecule has 3 aromatic heterocycles. The molecule has 0 aliphatic heterocycles. The van der Waals surface area contributed by atoms with Crippen molar-refractivity contribution < 1.29 is 12.8 Å². The number of hydrogen-bond acceptors (Lipinski definition) is 4. The summed E-state index contributed by atoms with van der Waals surface area (Å²) < 4.78 is 39.2. The van der Waals surface area contributed by atoms with Crippen LogP contribution in [0, 0.1) is 5.95 Å². The first-order chi connectivity index (χ1) is 10.5. The maximum atomic E-state index is 14.1. The van der Waals surface area contributed by atoms with Crippen LogP contribution in [-0.2, 0) is 10.0 Å². The molecule has 2 N–H and O–H groups in total. The molecular formula is C14H13FN4O2S. The predicted octanol–water partition coefficient (Wildman–Crippen LogP) is 2.53. The van der Waals surface area contributed by atoms with E-state index < -0.39 is 16.0 Å². The van der Waals surface area contributed by atoms with Gasteiger partial charge in [0.05, 0.1) is 11.4 Å². The molecule has 0 fully saturated rings. The van der Waals surface area contributed by atoms with E-state index in [1.807, 2.05) is 6.07 Å². The fraction of sp³-hybridized carbons (Fsp3) is 0.143. The minimum atomic E-state index is -3.54. The van der Waals surface area contributed by atoms with E-state index in [0.29, 0.717) is 11.3 Å². The molecule has 8 heteroatoms. The zero-order valence-electron chi connectivity index (χ0n) is 11.7. The van der Waals surface area contributed by atoms with Crippen LogP contribution in [0.3, 0.4) is 0 Å². The number of anilines is 1. The average molecular weight is 320 g/mol. The molecule has 6 nitrogen and oxygen atoms in total. The van der Waals surface area contributed by atoms with Gasteiger partial charge in [0.1, 0.15) is 11.3 Å². The fourth-order valence-electron chi connectivity index (χ4n) is 2.08. The van der Waals surface area contributed by atoms with Crippen LogP contribution in [0.5, 0.6) is 0 Å². The van der Waals surface area contributed by atoms with Gasteiger partial charge in [0.15, 0.2) is 0 Å². The largest absolute Gasteiger partial charge is 0.346 e. The maximum absolute atomic E-state index is 14.1. The van der Waals surface area contributed by atoms with E-state index in [-0.39, 0.29) is 11.4 Å². The Balaban J connectivity index is 2.04. The van der Waals surface area contributed by atoms with Gasteiger partial charge in [0.2, 0.25) is 16.0 Å². The Labute approximate surface area is 126 Å². The molecule has 114 valence electrons. The quantitative estimate of drug-likeness (QED) is 0.723. The molecule has 3 rings (SSSR count). The van der Waals surface area contributed by atoms with Gasteiger partial charge in [0.25, 0.3) is 0 Å². The van der Waals surface area contributed by atoms with Crippen molar-refractivity contribution in [2.24, 2.45) is 0 Å². The van der Waals surface area contributed by atoms with Crippen LogP contribution in [0.15, 0.2) is 36.7 Å². The Morgan fingerprint density at radius 3 is 2.82 bits per heavy atom. The number of halogens is 1. The molecule has 0 unspecified atom stereocenters. The molecule has 0 saturated heterocycles. The monoisotopic (exact) mass is 320 g/mol. The molecule has 22 heavy (non-hydrogen) atoms. The van der Waals surface area contributed by atoms with Gasteiger partial charge in [-0.2, -0.15) is 4.39 Å². The number of rotatable bonds is 4. The molecular weight excluding hydrogens is 307 g/mol. The molecule has 0 saturated carbocycles. The second-order valence-electron chi connectivity index (χ2n) is 4.64. The number of H-pyrrole nitrogens is 1. The Kier molecular flexibility index (Phi) is 3.53. The smallest absolute Gasteiger partial charge is 0.237 e. The van der Waals surface area contributed by atoms with Crippen molar-refractivity contribution in [2.45, 2.75) is 6.92 Å². The van der Waals surface area contributed by atoms with E-state index >= 15 is 0 Å². The Morgan fingerprint density at radius 1 is 1.27 bits per heavy atom. The number of nitrogens with zero attached hydrogens (tertiary/aromatic N) is 2. The highest BCUT2D eigenvalue weighted by atomic mass is 32.2. The summed E-state index contributed by atoms with van der Waals surface area (Å²) >= 11 is 0. The molecule has 3 heterocycles. The maximum Gasteiger partial charge on any atom is 0.237 e. The van der Waals surface area contributed by atoms with Crippen LogP contribution in [0.1, 0.15) is 6.92 Å². The summed E-state index contributed by atoms with van der Waals surface area (Å²) in [5, 5.41) is 0.816. The van der Waals surface area contributed by atoms with Gasteiger partial charge < -0.3 is 4.98 Å². The summed E-state index contributed by atoms with van der Waals surface area (Å²) in [4.78, 5) is 11.0. The van der Waals surface area contributed by atoms with E-state index in [1.165, 1.54) is 13.0 Å². The lowest BCUT2D eigenvalue weighted by Crippen LogP contribution is -2.16. The second kappa shape index (κ2) is 5.38. The van der Waals surface area contributed by atoms with E-state index in [4.69, 9.17) is 0 Å². The first-order valence-corrected chi connectivity index (χ1v) is 8.25. The highest BCUT2D eigenvalue weighted by Gasteiger charge is 2.14. The van der Waals surface area contributed by atoms with Gasteiger partial charge in [-0.05, 0) is 31.2 Å². The Bertz CT molecular complexity index is 937. The normalized spacial score (nSPS) is 11.7. The molecule has 3 aromatic rings. The number of pyridine rings is 2. The van der Waals surface area contributed by atoms with Crippen molar-refractivity contribution in [1.29, 1.82) is 0 Å². The minimum Gasteiger partial charge on any atom is -0.346 e. The highest BCUT2D eigenvalue weighted by molar-refractivity contribution is 7.92. The Morgan fingerprint density at radius 2 is 2.09 bits per heavy atom. The van der Waals surface area contributed by atoms with E-state index in [2.05, 4.69) is 19.7 Å². The highest BCUT2D eigenvalue weighted by Crippen LogP contribution is 2.27. The third kappa shape index (κ3) is 2.64. The fourth-order valence-corrected chi connectivity index (χ4v) is 2.72. The van der Waals surface area contributed by atoms with Crippen LogP contribution in [0.25, 0.3) is 22.3 Å². The van der Waals surface area contributed by atoms with Crippen LogP contribution in [-0.4, -0.2) is 29.1 Å². The molecule has 0 radical (unpaired) electrons. The minimum absolute atomic E-state index is 0.136. The number of hydrogen-bond donors (Lipinski definition) is 2. The molecule has 0 spiro atoms. The third-order valence-electron chi connectivity index (χ3n) is 3.23. The van der Waals surface area contributed by atoms with Crippen LogP contribution in [0.4, 0.5) is 10.1 Å². The lowest BCUT2D eigenvalue weighted by Gasteiger charge is -2.08. The molecule has 0 aliphatic rings. The van der Waals surface area contributed by atoms with Gasteiger partial charge >= 0.3 is 0 Å². The predicted molar refractivity (Wildman–Crippen MR) is 82.4 cm³/mol. The lowest BCUT2D eigenvalue weighted by molar-refractivity contribution is 0.585. The number of sulfonamides is 1. The molecule has 0 aliphatic carbocycles. The van der Waals surface area contributed by atoms with Crippen molar-refractivity contribution in [3.05, 3.63) is 42.6 Å². The first kappa shape index (κ1) is 14.5. The summed E-state index contributed by atoms with van der Waals surface area (Å²) in [5.74, 6) is -1.00. The summed E-state index contributed by atoms with van der Waals surface area (Å²) in [7, 11) is -3.54. The molecule has 0 amide bonds. The molecule has 0 aromatic carbocycles. The SMILES string of the molecule is CCS(=O)(=O)Nc1ccc(-c2ccnc3[nH]ccc23)nc1F.